The van der Waals surface area contributed by atoms with Crippen molar-refractivity contribution in [2.45, 2.75) is 31.2 Å². The Morgan fingerprint density at radius 2 is 2.05 bits per heavy atom. The molecule has 0 spiro atoms. The Morgan fingerprint density at radius 3 is 2.48 bits per heavy atom. The van der Waals surface area contributed by atoms with Crippen molar-refractivity contribution in [1.82, 2.24) is 4.72 Å². The van der Waals surface area contributed by atoms with Crippen LogP contribution in [0.5, 0.6) is 0 Å². The topological polar surface area (TPSA) is 115 Å². The Hall–Kier alpha value is -1.22. The summed E-state index contributed by atoms with van der Waals surface area (Å²) in [4.78, 5) is 9.79. The van der Waals surface area contributed by atoms with Crippen LogP contribution in [-0.4, -0.2) is 25.9 Å². The van der Waals surface area contributed by atoms with E-state index in [9.17, 15) is 18.5 Å². The minimum absolute atomic E-state index is 0.155. The van der Waals surface area contributed by atoms with Crippen molar-refractivity contribution in [3.05, 3.63) is 33.3 Å². The van der Waals surface area contributed by atoms with Crippen molar-refractivity contribution in [2.24, 2.45) is 11.7 Å². The van der Waals surface area contributed by atoms with Crippen molar-refractivity contribution >= 4 is 27.3 Å². The van der Waals surface area contributed by atoms with Crippen LogP contribution in [0.1, 0.15) is 20.3 Å². The largest absolute Gasteiger partial charge is 0.329 e. The number of nitrogens with zero attached hydrogens (tertiary/aromatic N) is 1. The summed E-state index contributed by atoms with van der Waals surface area (Å²) in [5, 5.41) is 10.4. The van der Waals surface area contributed by atoms with Gasteiger partial charge in [-0.15, -0.1) is 0 Å². The van der Waals surface area contributed by atoms with Crippen molar-refractivity contribution in [2.75, 3.05) is 6.54 Å². The normalized spacial score (nSPS) is 13.4. The molecular weight excluding hydrogens is 318 g/mol. The molecule has 0 amide bonds. The second kappa shape index (κ2) is 7.17. The maximum atomic E-state index is 12.3. The van der Waals surface area contributed by atoms with Crippen LogP contribution in [0.3, 0.4) is 0 Å². The average molecular weight is 336 g/mol. The smallest absolute Gasteiger partial charge is 0.271 e. The van der Waals surface area contributed by atoms with Gasteiger partial charge < -0.3 is 5.73 Å². The molecule has 0 saturated heterocycles. The van der Waals surface area contributed by atoms with Crippen molar-refractivity contribution < 1.29 is 13.3 Å². The molecule has 7 nitrogen and oxygen atoms in total. The first-order chi connectivity index (χ1) is 9.67. The van der Waals surface area contributed by atoms with Gasteiger partial charge >= 0.3 is 0 Å². The quantitative estimate of drug-likeness (QED) is 0.583. The van der Waals surface area contributed by atoms with Crippen LogP contribution in [0.4, 0.5) is 5.69 Å². The molecule has 9 heteroatoms. The zero-order valence-corrected chi connectivity index (χ0v) is 13.3. The van der Waals surface area contributed by atoms with Crippen molar-refractivity contribution in [1.29, 1.82) is 0 Å². The number of non-ortho nitro benzene ring substituents is 1. The number of nitro benzene ring substituents is 1. The zero-order chi connectivity index (χ0) is 16.2. The highest BCUT2D eigenvalue weighted by Gasteiger charge is 2.24. The highest BCUT2D eigenvalue weighted by atomic mass is 35.5. The summed E-state index contributed by atoms with van der Waals surface area (Å²) in [6.07, 6.45) is 0.584. The molecule has 1 atom stereocenters. The summed E-state index contributed by atoms with van der Waals surface area (Å²) in [7, 11) is -3.87. The van der Waals surface area contributed by atoms with E-state index in [4.69, 9.17) is 17.3 Å². The number of nitrogens with one attached hydrogen (secondary N) is 1. The maximum absolute atomic E-state index is 12.3. The van der Waals surface area contributed by atoms with Crippen molar-refractivity contribution in [3.8, 4) is 0 Å². The molecule has 1 rings (SSSR count). The van der Waals surface area contributed by atoms with E-state index in [1.54, 1.807) is 0 Å². The first-order valence-corrected chi connectivity index (χ1v) is 8.19. The number of nitro groups is 1. The summed E-state index contributed by atoms with van der Waals surface area (Å²) in [5.41, 5.74) is 5.29. The first kappa shape index (κ1) is 17.8. The fraction of sp³-hybridized carbons (Fsp3) is 0.500. The Balaban J connectivity index is 3.05. The molecule has 0 aliphatic rings. The molecule has 0 fully saturated rings. The van der Waals surface area contributed by atoms with Gasteiger partial charge in [0, 0.05) is 24.7 Å². The van der Waals surface area contributed by atoms with Gasteiger partial charge in [0.15, 0.2) is 0 Å². The SMILES string of the molecule is CC(C)CC(CN)NS(=O)(=O)c1ccc([N+](=O)[O-])cc1Cl. The molecule has 0 aromatic heterocycles. The minimum atomic E-state index is -3.87. The molecule has 1 aromatic carbocycles. The number of benzene rings is 1. The molecule has 3 N–H and O–H groups in total. The Bertz CT molecular complexity index is 619. The number of halogens is 1. The van der Waals surface area contributed by atoms with Crippen LogP contribution in [0, 0.1) is 16.0 Å². The summed E-state index contributed by atoms with van der Waals surface area (Å²) < 4.78 is 27.0. The lowest BCUT2D eigenvalue weighted by Gasteiger charge is -2.19. The molecule has 0 radical (unpaired) electrons. The van der Waals surface area contributed by atoms with Gasteiger partial charge in [0.25, 0.3) is 5.69 Å². The van der Waals surface area contributed by atoms with Gasteiger partial charge in [-0.1, -0.05) is 25.4 Å². The highest BCUT2D eigenvalue weighted by Crippen LogP contribution is 2.26. The Kier molecular flexibility index (Phi) is 6.09. The third kappa shape index (κ3) is 4.92. The van der Waals surface area contributed by atoms with Gasteiger partial charge in [-0.3, -0.25) is 10.1 Å². The summed E-state index contributed by atoms with van der Waals surface area (Å²) >= 11 is 5.84. The Labute approximate surface area is 128 Å². The fourth-order valence-electron chi connectivity index (χ4n) is 1.87. The van der Waals surface area contributed by atoms with E-state index < -0.39 is 21.0 Å². The molecule has 21 heavy (non-hydrogen) atoms. The monoisotopic (exact) mass is 335 g/mol. The average Bonchev–Trinajstić information content (AvgIpc) is 2.36. The molecule has 118 valence electrons. The molecule has 0 aliphatic heterocycles. The van der Waals surface area contributed by atoms with E-state index in [0.717, 1.165) is 18.2 Å². The predicted molar refractivity (Wildman–Crippen MR) is 80.7 cm³/mol. The van der Waals surface area contributed by atoms with Crippen LogP contribution >= 0.6 is 11.6 Å². The third-order valence-electron chi connectivity index (χ3n) is 2.78. The Morgan fingerprint density at radius 1 is 1.43 bits per heavy atom. The fourth-order valence-corrected chi connectivity index (χ4v) is 3.67. The van der Waals surface area contributed by atoms with Crippen LogP contribution in [-0.2, 0) is 10.0 Å². The highest BCUT2D eigenvalue weighted by molar-refractivity contribution is 7.89. The van der Waals surface area contributed by atoms with Crippen LogP contribution < -0.4 is 10.5 Å². The zero-order valence-electron chi connectivity index (χ0n) is 11.7. The second-order valence-corrected chi connectivity index (χ2v) is 7.14. The molecule has 0 saturated carbocycles. The van der Waals surface area contributed by atoms with Crippen molar-refractivity contribution in [3.63, 3.8) is 0 Å². The van der Waals surface area contributed by atoms with E-state index in [2.05, 4.69) is 4.72 Å². The minimum Gasteiger partial charge on any atom is -0.329 e. The van der Waals surface area contributed by atoms with Gasteiger partial charge in [0.2, 0.25) is 10.0 Å². The third-order valence-corrected chi connectivity index (χ3v) is 4.78. The lowest BCUT2D eigenvalue weighted by Crippen LogP contribution is -2.41. The van der Waals surface area contributed by atoms with E-state index >= 15 is 0 Å². The van der Waals surface area contributed by atoms with Gasteiger partial charge in [0.05, 0.1) is 9.95 Å². The number of hydrogen-bond donors (Lipinski definition) is 2. The summed E-state index contributed by atoms with van der Waals surface area (Å²) in [6.45, 7) is 4.06. The molecule has 0 bridgehead atoms. The second-order valence-electron chi connectivity index (χ2n) is 5.06. The number of nitrogens with two attached hydrogens (primary N) is 1. The van der Waals surface area contributed by atoms with Gasteiger partial charge in [0.1, 0.15) is 4.90 Å². The van der Waals surface area contributed by atoms with Gasteiger partial charge in [-0.05, 0) is 18.4 Å². The van der Waals surface area contributed by atoms with E-state index in [1.807, 2.05) is 13.8 Å². The summed E-state index contributed by atoms with van der Waals surface area (Å²) in [6, 6.07) is 2.81. The van der Waals surface area contributed by atoms with Crippen LogP contribution in [0.15, 0.2) is 23.1 Å². The van der Waals surface area contributed by atoms with E-state index in [-0.39, 0.29) is 28.1 Å². The van der Waals surface area contributed by atoms with Gasteiger partial charge in [-0.2, -0.15) is 0 Å². The predicted octanol–water partition coefficient (Wildman–Crippen LogP) is 1.90. The molecular formula is C12H18ClN3O4S. The summed E-state index contributed by atoms with van der Waals surface area (Å²) in [5.74, 6) is 0.272. The van der Waals surface area contributed by atoms with E-state index in [1.165, 1.54) is 0 Å². The van der Waals surface area contributed by atoms with Gasteiger partial charge in [-0.25, -0.2) is 13.1 Å². The molecule has 0 aliphatic carbocycles. The standard InChI is InChI=1S/C12H18ClN3O4S/c1-8(2)5-9(7-14)15-21(19,20)12-4-3-10(16(17)18)6-11(12)13/h3-4,6,8-9,15H,5,7,14H2,1-2H3. The number of hydrogen-bond acceptors (Lipinski definition) is 5. The van der Waals surface area contributed by atoms with Crippen LogP contribution in [0.2, 0.25) is 5.02 Å². The maximum Gasteiger partial charge on any atom is 0.271 e. The number of rotatable bonds is 7. The molecule has 1 unspecified atom stereocenters. The molecule has 0 heterocycles. The van der Waals surface area contributed by atoms with E-state index in [0.29, 0.717) is 6.42 Å². The lowest BCUT2D eigenvalue weighted by molar-refractivity contribution is -0.384. The lowest BCUT2D eigenvalue weighted by atomic mass is 10.1. The number of sulfonamides is 1. The molecule has 1 aromatic rings. The van der Waals surface area contributed by atoms with Crippen LogP contribution in [0.25, 0.3) is 0 Å². The first-order valence-electron chi connectivity index (χ1n) is 6.33.